The average molecular weight is 381 g/mol. The number of ether oxygens (including phenoxy) is 1. The van der Waals surface area contributed by atoms with E-state index < -0.39 is 0 Å². The van der Waals surface area contributed by atoms with E-state index in [4.69, 9.17) is 4.74 Å². The van der Waals surface area contributed by atoms with Crippen LogP contribution in [0.25, 0.3) is 0 Å². The highest BCUT2D eigenvalue weighted by Gasteiger charge is 2.16. The van der Waals surface area contributed by atoms with Crippen molar-refractivity contribution in [3.05, 3.63) is 64.7 Å². The van der Waals surface area contributed by atoms with Crippen molar-refractivity contribution in [1.82, 2.24) is 10.2 Å². The molecule has 0 spiro atoms. The monoisotopic (exact) mass is 380 g/mol. The summed E-state index contributed by atoms with van der Waals surface area (Å²) in [6.07, 6.45) is 4.78. The van der Waals surface area contributed by atoms with Crippen molar-refractivity contribution >= 4 is 5.91 Å². The second-order valence-corrected chi connectivity index (χ2v) is 7.70. The molecule has 1 fully saturated rings. The Morgan fingerprint density at radius 2 is 1.82 bits per heavy atom. The number of rotatable bonds is 7. The smallest absolute Gasteiger partial charge is 0.251 e. The van der Waals surface area contributed by atoms with Crippen LogP contribution >= 0.6 is 0 Å². The lowest BCUT2D eigenvalue weighted by Gasteiger charge is -2.26. The van der Waals surface area contributed by atoms with Gasteiger partial charge in [0.05, 0.1) is 13.2 Å². The van der Waals surface area contributed by atoms with Gasteiger partial charge in [-0.25, -0.2) is 0 Å². The number of methoxy groups -OCH3 is 1. The molecule has 1 N–H and O–H groups in total. The van der Waals surface area contributed by atoms with Gasteiger partial charge in [0, 0.05) is 12.1 Å². The highest BCUT2D eigenvalue weighted by molar-refractivity contribution is 5.94. The molecule has 4 nitrogen and oxygen atoms in total. The number of piperidine rings is 1. The summed E-state index contributed by atoms with van der Waals surface area (Å²) < 4.78 is 5.34. The maximum Gasteiger partial charge on any atom is 0.251 e. The summed E-state index contributed by atoms with van der Waals surface area (Å²) in [6.45, 7) is 7.46. The number of hydrogen-bond acceptors (Lipinski definition) is 3. The SMILES string of the molecule is CC[C@@H](NC(=O)c1ccc(CN2CCCCC2)cc1)c1ccc(OC)c(C)c1. The second kappa shape index (κ2) is 9.74. The second-order valence-electron chi connectivity index (χ2n) is 7.70. The van der Waals surface area contributed by atoms with Crippen molar-refractivity contribution in [2.45, 2.75) is 52.1 Å². The molecule has 0 saturated carbocycles. The molecule has 0 aromatic heterocycles. The predicted molar refractivity (Wildman–Crippen MR) is 114 cm³/mol. The quantitative estimate of drug-likeness (QED) is 0.745. The summed E-state index contributed by atoms with van der Waals surface area (Å²) in [4.78, 5) is 15.2. The molecule has 0 aliphatic carbocycles. The lowest BCUT2D eigenvalue weighted by molar-refractivity contribution is 0.0935. The third-order valence-electron chi connectivity index (χ3n) is 5.61. The van der Waals surface area contributed by atoms with Crippen molar-refractivity contribution < 1.29 is 9.53 Å². The lowest BCUT2D eigenvalue weighted by atomic mass is 10.0. The molecule has 1 amide bonds. The summed E-state index contributed by atoms with van der Waals surface area (Å²) in [5.74, 6) is 0.846. The van der Waals surface area contributed by atoms with Crippen molar-refractivity contribution in [2.24, 2.45) is 0 Å². The molecule has 0 unspecified atom stereocenters. The zero-order valence-corrected chi connectivity index (χ0v) is 17.3. The number of aryl methyl sites for hydroxylation is 1. The topological polar surface area (TPSA) is 41.6 Å². The van der Waals surface area contributed by atoms with Crippen LogP contribution in [-0.2, 0) is 6.54 Å². The van der Waals surface area contributed by atoms with Crippen LogP contribution in [0.5, 0.6) is 5.75 Å². The van der Waals surface area contributed by atoms with Crippen LogP contribution in [0.4, 0.5) is 0 Å². The lowest BCUT2D eigenvalue weighted by Crippen LogP contribution is -2.29. The van der Waals surface area contributed by atoms with Crippen molar-refractivity contribution in [3.63, 3.8) is 0 Å². The number of benzene rings is 2. The predicted octanol–water partition coefficient (Wildman–Crippen LogP) is 4.87. The first-order valence-corrected chi connectivity index (χ1v) is 10.4. The Kier molecular flexibility index (Phi) is 7.10. The molecular formula is C24H32N2O2. The van der Waals surface area contributed by atoms with Gasteiger partial charge in [-0.15, -0.1) is 0 Å². The van der Waals surface area contributed by atoms with Crippen LogP contribution in [0.1, 0.15) is 65.7 Å². The fourth-order valence-corrected chi connectivity index (χ4v) is 3.92. The van der Waals surface area contributed by atoms with Crippen molar-refractivity contribution in [1.29, 1.82) is 0 Å². The molecule has 1 saturated heterocycles. The van der Waals surface area contributed by atoms with Gasteiger partial charge >= 0.3 is 0 Å². The summed E-state index contributed by atoms with van der Waals surface area (Å²) in [7, 11) is 1.68. The van der Waals surface area contributed by atoms with Crippen LogP contribution < -0.4 is 10.1 Å². The van der Waals surface area contributed by atoms with Gasteiger partial charge in [0.2, 0.25) is 0 Å². The number of nitrogens with one attached hydrogen (secondary N) is 1. The Balaban J connectivity index is 1.63. The molecule has 0 radical (unpaired) electrons. The third-order valence-corrected chi connectivity index (χ3v) is 5.61. The Morgan fingerprint density at radius 3 is 2.43 bits per heavy atom. The van der Waals surface area contributed by atoms with Gasteiger partial charge in [0.25, 0.3) is 5.91 Å². The Morgan fingerprint density at radius 1 is 1.11 bits per heavy atom. The van der Waals surface area contributed by atoms with Gasteiger partial charge in [-0.1, -0.05) is 37.6 Å². The van der Waals surface area contributed by atoms with E-state index in [2.05, 4.69) is 35.3 Å². The zero-order chi connectivity index (χ0) is 19.9. The van der Waals surface area contributed by atoms with Crippen molar-refractivity contribution in [3.8, 4) is 5.75 Å². The summed E-state index contributed by atoms with van der Waals surface area (Å²) in [5.41, 5.74) is 4.17. The molecular weight excluding hydrogens is 348 g/mol. The van der Waals surface area contributed by atoms with Crippen LogP contribution in [-0.4, -0.2) is 31.0 Å². The first-order valence-electron chi connectivity index (χ1n) is 10.4. The van der Waals surface area contributed by atoms with Gasteiger partial charge in [0.15, 0.2) is 0 Å². The van der Waals surface area contributed by atoms with Crippen molar-refractivity contribution in [2.75, 3.05) is 20.2 Å². The van der Waals surface area contributed by atoms with Gasteiger partial charge < -0.3 is 10.1 Å². The number of amides is 1. The number of hydrogen-bond donors (Lipinski definition) is 1. The fourth-order valence-electron chi connectivity index (χ4n) is 3.92. The highest BCUT2D eigenvalue weighted by Crippen LogP contribution is 2.24. The standard InChI is InChI=1S/C24H32N2O2/c1-4-22(21-12-13-23(28-3)18(2)16-21)25-24(27)20-10-8-19(9-11-20)17-26-14-6-5-7-15-26/h8-13,16,22H,4-7,14-15,17H2,1-3H3,(H,25,27)/t22-/m1/s1. The largest absolute Gasteiger partial charge is 0.496 e. The fraction of sp³-hybridized carbons (Fsp3) is 0.458. The summed E-state index contributed by atoms with van der Waals surface area (Å²) in [6, 6.07) is 14.1. The molecule has 2 aromatic carbocycles. The third kappa shape index (κ3) is 5.14. The maximum atomic E-state index is 12.8. The minimum atomic E-state index is -0.0233. The van der Waals surface area contributed by atoms with E-state index in [1.54, 1.807) is 7.11 Å². The van der Waals surface area contributed by atoms with Gasteiger partial charge in [-0.2, -0.15) is 0 Å². The molecule has 28 heavy (non-hydrogen) atoms. The first kappa shape index (κ1) is 20.4. The van der Waals surface area contributed by atoms with Gasteiger partial charge in [-0.05, 0) is 74.2 Å². The van der Waals surface area contributed by atoms with E-state index in [9.17, 15) is 4.79 Å². The number of carbonyl (C=O) groups excluding carboxylic acids is 1. The Labute approximate surface area is 168 Å². The molecule has 0 bridgehead atoms. The van der Waals surface area contributed by atoms with E-state index in [-0.39, 0.29) is 11.9 Å². The molecule has 3 rings (SSSR count). The first-order chi connectivity index (χ1) is 13.6. The number of carbonyl (C=O) groups is 1. The van der Waals surface area contributed by atoms with E-state index in [0.717, 1.165) is 29.8 Å². The van der Waals surface area contributed by atoms with E-state index in [1.165, 1.54) is 37.9 Å². The molecule has 1 atom stereocenters. The Hall–Kier alpha value is -2.33. The average Bonchev–Trinajstić information content (AvgIpc) is 2.73. The maximum absolute atomic E-state index is 12.8. The minimum absolute atomic E-state index is 0.00914. The van der Waals surface area contributed by atoms with Crippen LogP contribution in [0, 0.1) is 6.92 Å². The normalized spacial score (nSPS) is 15.8. The number of likely N-dealkylation sites (tertiary alicyclic amines) is 1. The van der Waals surface area contributed by atoms with Crippen LogP contribution in [0.3, 0.4) is 0 Å². The molecule has 4 heteroatoms. The van der Waals surface area contributed by atoms with E-state index in [0.29, 0.717) is 5.56 Å². The molecule has 1 aliphatic rings. The number of nitrogens with zero attached hydrogens (tertiary/aromatic N) is 1. The van der Waals surface area contributed by atoms with E-state index in [1.807, 2.05) is 31.2 Å². The molecule has 2 aromatic rings. The minimum Gasteiger partial charge on any atom is -0.496 e. The van der Waals surface area contributed by atoms with Crippen LogP contribution in [0.15, 0.2) is 42.5 Å². The van der Waals surface area contributed by atoms with Gasteiger partial charge in [-0.3, -0.25) is 9.69 Å². The van der Waals surface area contributed by atoms with Crippen LogP contribution in [0.2, 0.25) is 0 Å². The van der Waals surface area contributed by atoms with E-state index >= 15 is 0 Å². The highest BCUT2D eigenvalue weighted by atomic mass is 16.5. The molecule has 150 valence electrons. The molecule has 1 aliphatic heterocycles. The summed E-state index contributed by atoms with van der Waals surface area (Å²) >= 11 is 0. The summed E-state index contributed by atoms with van der Waals surface area (Å²) in [5, 5.41) is 3.17. The zero-order valence-electron chi connectivity index (χ0n) is 17.3. The molecule has 1 heterocycles. The Bertz CT molecular complexity index is 780. The van der Waals surface area contributed by atoms with Gasteiger partial charge in [0.1, 0.15) is 5.75 Å².